The molecule has 1 N–H and O–H groups in total. The van der Waals surface area contributed by atoms with Gasteiger partial charge in [-0.2, -0.15) is 0 Å². The second-order valence-electron chi connectivity index (χ2n) is 5.46. The molecule has 1 atom stereocenters. The molecule has 2 nitrogen and oxygen atoms in total. The van der Waals surface area contributed by atoms with Crippen LogP contribution in [-0.4, -0.2) is 11.7 Å². The number of ether oxygens (including phenoxy) is 1. The van der Waals surface area contributed by atoms with Crippen molar-refractivity contribution >= 4 is 15.9 Å². The van der Waals surface area contributed by atoms with Crippen molar-refractivity contribution in [2.75, 3.05) is 6.61 Å². The third-order valence-corrected chi connectivity index (χ3v) is 4.76. The van der Waals surface area contributed by atoms with Crippen molar-refractivity contribution < 1.29 is 14.2 Å². The topological polar surface area (TPSA) is 29.5 Å². The first-order valence-electron chi connectivity index (χ1n) is 7.44. The average molecular weight is 345 g/mol. The molecule has 1 aliphatic rings. The Bertz CT molecular complexity index is 444. The van der Waals surface area contributed by atoms with Gasteiger partial charge in [0, 0.05) is 5.56 Å². The minimum atomic E-state index is -0.755. The van der Waals surface area contributed by atoms with Crippen LogP contribution in [0.2, 0.25) is 0 Å². The van der Waals surface area contributed by atoms with Gasteiger partial charge < -0.3 is 9.84 Å². The number of rotatable bonds is 5. The Kier molecular flexibility index (Phi) is 5.85. The highest BCUT2D eigenvalue weighted by Gasteiger charge is 2.28. The van der Waals surface area contributed by atoms with Gasteiger partial charge in [0.1, 0.15) is 11.6 Å². The molecule has 0 aliphatic heterocycles. The van der Waals surface area contributed by atoms with E-state index < -0.39 is 6.10 Å². The summed E-state index contributed by atoms with van der Waals surface area (Å²) < 4.78 is 20.3. The maximum atomic E-state index is 14.1. The molecule has 0 saturated heterocycles. The van der Waals surface area contributed by atoms with E-state index in [-0.39, 0.29) is 11.7 Å². The van der Waals surface area contributed by atoms with E-state index in [4.69, 9.17) is 4.74 Å². The first-order valence-corrected chi connectivity index (χ1v) is 8.23. The van der Waals surface area contributed by atoms with Gasteiger partial charge >= 0.3 is 0 Å². The molecule has 2 rings (SSSR count). The largest absolute Gasteiger partial charge is 0.492 e. The molecule has 4 heteroatoms. The molecule has 1 unspecified atom stereocenters. The molecule has 112 valence electrons. The average Bonchev–Trinajstić information content (AvgIpc) is 2.47. The molecule has 0 heterocycles. The van der Waals surface area contributed by atoms with Gasteiger partial charge in [0.15, 0.2) is 0 Å². The van der Waals surface area contributed by atoms with E-state index in [1.807, 2.05) is 6.92 Å². The monoisotopic (exact) mass is 344 g/mol. The standard InChI is InChI=1S/C16H22BrFO2/c1-2-10-20-13-9-8-12(18)14(15(13)17)16(19)11-6-4-3-5-7-11/h8-9,11,16,19H,2-7,10H2,1H3. The zero-order valence-electron chi connectivity index (χ0n) is 11.9. The molecule has 1 saturated carbocycles. The maximum Gasteiger partial charge on any atom is 0.134 e. The lowest BCUT2D eigenvalue weighted by atomic mass is 9.82. The van der Waals surface area contributed by atoms with Crippen molar-refractivity contribution in [3.63, 3.8) is 0 Å². The summed E-state index contributed by atoms with van der Waals surface area (Å²) >= 11 is 3.40. The van der Waals surface area contributed by atoms with E-state index in [0.717, 1.165) is 32.1 Å². The molecule has 0 spiro atoms. The lowest BCUT2D eigenvalue weighted by Crippen LogP contribution is -2.18. The van der Waals surface area contributed by atoms with Crippen LogP contribution in [0.15, 0.2) is 16.6 Å². The Hall–Kier alpha value is -0.610. The fourth-order valence-electron chi connectivity index (χ4n) is 2.83. The number of hydrogen-bond acceptors (Lipinski definition) is 2. The third-order valence-electron chi connectivity index (χ3n) is 3.94. The maximum absolute atomic E-state index is 14.1. The Labute approximate surface area is 128 Å². The van der Waals surface area contributed by atoms with E-state index in [1.165, 1.54) is 12.5 Å². The summed E-state index contributed by atoms with van der Waals surface area (Å²) in [5, 5.41) is 10.5. The molecule has 0 radical (unpaired) electrons. The van der Waals surface area contributed by atoms with Crippen molar-refractivity contribution in [3.05, 3.63) is 28.0 Å². The summed E-state index contributed by atoms with van der Waals surface area (Å²) in [5.74, 6) is 0.396. The highest BCUT2D eigenvalue weighted by atomic mass is 79.9. The van der Waals surface area contributed by atoms with Crippen LogP contribution in [0.4, 0.5) is 4.39 Å². The Morgan fingerprint density at radius 2 is 2.05 bits per heavy atom. The van der Waals surface area contributed by atoms with Crippen molar-refractivity contribution in [3.8, 4) is 5.75 Å². The molecule has 1 aromatic rings. The number of aliphatic hydroxyl groups excluding tert-OH is 1. The first-order chi connectivity index (χ1) is 9.65. The number of halogens is 2. The Morgan fingerprint density at radius 1 is 1.35 bits per heavy atom. The quantitative estimate of drug-likeness (QED) is 0.815. The molecule has 1 aliphatic carbocycles. The molecule has 0 amide bonds. The van der Waals surface area contributed by atoms with Gasteiger partial charge in [-0.15, -0.1) is 0 Å². The Morgan fingerprint density at radius 3 is 2.70 bits per heavy atom. The fraction of sp³-hybridized carbons (Fsp3) is 0.625. The van der Waals surface area contributed by atoms with Crippen LogP contribution in [0.25, 0.3) is 0 Å². The summed E-state index contributed by atoms with van der Waals surface area (Å²) in [7, 11) is 0. The van der Waals surface area contributed by atoms with Crippen LogP contribution < -0.4 is 4.74 Å². The second-order valence-corrected chi connectivity index (χ2v) is 6.26. The van der Waals surface area contributed by atoms with Crippen molar-refractivity contribution in [2.24, 2.45) is 5.92 Å². The van der Waals surface area contributed by atoms with Gasteiger partial charge in [-0.1, -0.05) is 26.2 Å². The molecule has 0 aromatic heterocycles. The highest BCUT2D eigenvalue weighted by molar-refractivity contribution is 9.10. The van der Waals surface area contributed by atoms with E-state index in [0.29, 0.717) is 22.4 Å². The summed E-state index contributed by atoms with van der Waals surface area (Å²) in [6, 6.07) is 3.00. The Balaban J connectivity index is 2.24. The molecule has 1 fully saturated rings. The predicted molar refractivity (Wildman–Crippen MR) is 81.4 cm³/mol. The van der Waals surface area contributed by atoms with E-state index in [9.17, 15) is 9.50 Å². The van der Waals surface area contributed by atoms with Gasteiger partial charge in [-0.3, -0.25) is 0 Å². The second kappa shape index (κ2) is 7.41. The van der Waals surface area contributed by atoms with Gasteiger partial charge in [-0.05, 0) is 53.2 Å². The SMILES string of the molecule is CCCOc1ccc(F)c(C(O)C2CCCCC2)c1Br. The van der Waals surface area contributed by atoms with E-state index in [1.54, 1.807) is 6.07 Å². The zero-order valence-corrected chi connectivity index (χ0v) is 13.5. The molecule has 20 heavy (non-hydrogen) atoms. The molecular formula is C16H22BrFO2. The normalized spacial score (nSPS) is 18.0. The van der Waals surface area contributed by atoms with E-state index >= 15 is 0 Å². The van der Waals surface area contributed by atoms with Crippen LogP contribution >= 0.6 is 15.9 Å². The highest BCUT2D eigenvalue weighted by Crippen LogP contribution is 2.41. The minimum absolute atomic E-state index is 0.149. The summed E-state index contributed by atoms with van der Waals surface area (Å²) in [5.41, 5.74) is 0.352. The van der Waals surface area contributed by atoms with Crippen LogP contribution in [0.5, 0.6) is 5.75 Å². The fourth-order valence-corrected chi connectivity index (χ4v) is 3.50. The third kappa shape index (κ3) is 3.53. The lowest BCUT2D eigenvalue weighted by molar-refractivity contribution is 0.0806. The minimum Gasteiger partial charge on any atom is -0.492 e. The van der Waals surface area contributed by atoms with Gasteiger partial charge in [0.25, 0.3) is 0 Å². The smallest absolute Gasteiger partial charge is 0.134 e. The predicted octanol–water partition coefficient (Wildman–Crippen LogP) is 4.99. The van der Waals surface area contributed by atoms with Crippen molar-refractivity contribution in [1.29, 1.82) is 0 Å². The van der Waals surface area contributed by atoms with Crippen LogP contribution in [0.1, 0.15) is 57.1 Å². The number of hydrogen-bond donors (Lipinski definition) is 1. The van der Waals surface area contributed by atoms with Crippen LogP contribution in [0, 0.1) is 11.7 Å². The summed E-state index contributed by atoms with van der Waals surface area (Å²) in [6.45, 7) is 2.61. The number of aliphatic hydroxyl groups is 1. The summed E-state index contributed by atoms with van der Waals surface area (Å²) in [4.78, 5) is 0. The molecular weight excluding hydrogens is 323 g/mol. The number of benzene rings is 1. The van der Waals surface area contributed by atoms with Crippen molar-refractivity contribution in [1.82, 2.24) is 0 Å². The van der Waals surface area contributed by atoms with E-state index in [2.05, 4.69) is 15.9 Å². The summed E-state index contributed by atoms with van der Waals surface area (Å²) in [6.07, 6.45) is 5.52. The van der Waals surface area contributed by atoms with Gasteiger partial charge in [0.05, 0.1) is 17.2 Å². The van der Waals surface area contributed by atoms with Gasteiger partial charge in [-0.25, -0.2) is 4.39 Å². The molecule has 0 bridgehead atoms. The lowest BCUT2D eigenvalue weighted by Gasteiger charge is -2.28. The van der Waals surface area contributed by atoms with Crippen molar-refractivity contribution in [2.45, 2.75) is 51.6 Å². The first kappa shape index (κ1) is 15.8. The van der Waals surface area contributed by atoms with Crippen LogP contribution in [-0.2, 0) is 0 Å². The van der Waals surface area contributed by atoms with Crippen LogP contribution in [0.3, 0.4) is 0 Å². The molecule has 1 aromatic carbocycles. The van der Waals surface area contributed by atoms with Gasteiger partial charge in [0.2, 0.25) is 0 Å². The zero-order chi connectivity index (χ0) is 14.5.